The zero-order valence-corrected chi connectivity index (χ0v) is 11.2. The molecule has 0 saturated heterocycles. The molecule has 18 heavy (non-hydrogen) atoms. The predicted molar refractivity (Wildman–Crippen MR) is 71.4 cm³/mol. The first-order valence-electron chi connectivity index (χ1n) is 6.02. The van der Waals surface area contributed by atoms with E-state index in [2.05, 4.69) is 33.5 Å². The highest BCUT2D eigenvalue weighted by Gasteiger charge is 2.17. The van der Waals surface area contributed by atoms with Crippen molar-refractivity contribution in [3.8, 4) is 0 Å². The van der Waals surface area contributed by atoms with E-state index in [-0.39, 0.29) is 6.04 Å². The Morgan fingerprint density at radius 2 is 1.89 bits per heavy atom. The summed E-state index contributed by atoms with van der Waals surface area (Å²) in [5, 5.41) is 11.6. The maximum atomic E-state index is 4.22. The maximum Gasteiger partial charge on any atom is 0.0651 e. The molecule has 0 bridgehead atoms. The van der Waals surface area contributed by atoms with Crippen LogP contribution >= 0.6 is 0 Å². The van der Waals surface area contributed by atoms with Crippen molar-refractivity contribution in [1.29, 1.82) is 0 Å². The topological polar surface area (TPSA) is 50.7 Å². The van der Waals surface area contributed by atoms with E-state index in [9.17, 15) is 0 Å². The third-order valence-corrected chi connectivity index (χ3v) is 3.13. The lowest BCUT2D eigenvalue weighted by atomic mass is 9.96. The molecule has 1 atom stereocenters. The maximum absolute atomic E-state index is 4.22. The second-order valence-corrected chi connectivity index (χ2v) is 4.48. The van der Waals surface area contributed by atoms with Crippen molar-refractivity contribution in [1.82, 2.24) is 20.5 Å². The molecule has 4 nitrogen and oxygen atoms in total. The Morgan fingerprint density at radius 1 is 1.11 bits per heavy atom. The van der Waals surface area contributed by atoms with E-state index in [1.165, 1.54) is 11.1 Å². The van der Waals surface area contributed by atoms with E-state index in [1.54, 1.807) is 0 Å². The number of nitrogens with one attached hydrogen (secondary N) is 1. The van der Waals surface area contributed by atoms with Crippen LogP contribution in [-0.4, -0.2) is 22.2 Å². The van der Waals surface area contributed by atoms with Crippen molar-refractivity contribution in [3.05, 3.63) is 52.6 Å². The van der Waals surface area contributed by atoms with Gasteiger partial charge in [0, 0.05) is 12.4 Å². The highest BCUT2D eigenvalue weighted by atomic mass is 15.1. The molecule has 94 valence electrons. The van der Waals surface area contributed by atoms with Gasteiger partial charge in [0.25, 0.3) is 0 Å². The van der Waals surface area contributed by atoms with Crippen molar-refractivity contribution in [2.75, 3.05) is 7.05 Å². The Morgan fingerprint density at radius 3 is 2.56 bits per heavy atom. The van der Waals surface area contributed by atoms with Gasteiger partial charge in [-0.3, -0.25) is 4.98 Å². The minimum absolute atomic E-state index is 0.105. The number of aromatic nitrogens is 3. The van der Waals surface area contributed by atoms with E-state index in [1.807, 2.05) is 39.4 Å². The van der Waals surface area contributed by atoms with Crippen LogP contribution < -0.4 is 5.32 Å². The summed E-state index contributed by atoms with van der Waals surface area (Å²) in [4.78, 5) is 4.22. The van der Waals surface area contributed by atoms with Gasteiger partial charge in [-0.2, -0.15) is 10.2 Å². The first-order valence-corrected chi connectivity index (χ1v) is 6.02. The van der Waals surface area contributed by atoms with Crippen molar-refractivity contribution < 1.29 is 0 Å². The van der Waals surface area contributed by atoms with E-state index < -0.39 is 0 Å². The minimum atomic E-state index is 0.105. The van der Waals surface area contributed by atoms with Gasteiger partial charge in [0.15, 0.2) is 0 Å². The molecule has 1 unspecified atom stereocenters. The summed E-state index contributed by atoms with van der Waals surface area (Å²) >= 11 is 0. The Hall–Kier alpha value is -1.81. The van der Waals surface area contributed by atoms with Crippen LogP contribution in [0, 0.1) is 20.8 Å². The fourth-order valence-corrected chi connectivity index (χ4v) is 2.12. The van der Waals surface area contributed by atoms with Gasteiger partial charge >= 0.3 is 0 Å². The van der Waals surface area contributed by atoms with Gasteiger partial charge < -0.3 is 5.32 Å². The Bertz CT molecular complexity index is 551. The molecule has 2 heterocycles. The molecule has 1 N–H and O–H groups in total. The molecular weight excluding hydrogens is 224 g/mol. The molecule has 0 radical (unpaired) electrons. The van der Waals surface area contributed by atoms with Gasteiger partial charge in [0.05, 0.1) is 17.4 Å². The average molecular weight is 242 g/mol. The molecule has 0 aliphatic heterocycles. The first kappa shape index (κ1) is 12.6. The molecule has 0 aliphatic rings. The second kappa shape index (κ2) is 5.23. The highest BCUT2D eigenvalue weighted by Crippen LogP contribution is 2.25. The van der Waals surface area contributed by atoms with Gasteiger partial charge in [0.2, 0.25) is 0 Å². The van der Waals surface area contributed by atoms with Crippen LogP contribution in [0.2, 0.25) is 0 Å². The standard InChI is InChI=1S/C14H18N4/c1-9-5-6-16-8-13(9)14(15-4)12-7-10(2)17-18-11(12)3/h5-8,14-15H,1-4H3. The highest BCUT2D eigenvalue weighted by molar-refractivity contribution is 5.36. The lowest BCUT2D eigenvalue weighted by Gasteiger charge is -2.20. The molecule has 2 aromatic rings. The zero-order chi connectivity index (χ0) is 13.1. The smallest absolute Gasteiger partial charge is 0.0651 e. The molecule has 0 aromatic carbocycles. The Balaban J connectivity index is 2.52. The summed E-state index contributed by atoms with van der Waals surface area (Å²) in [7, 11) is 1.95. The van der Waals surface area contributed by atoms with Crippen molar-refractivity contribution >= 4 is 0 Å². The molecule has 0 spiro atoms. The fraction of sp³-hybridized carbons (Fsp3) is 0.357. The number of nitrogens with zero attached hydrogens (tertiary/aromatic N) is 3. The number of hydrogen-bond acceptors (Lipinski definition) is 4. The molecule has 4 heteroatoms. The van der Waals surface area contributed by atoms with E-state index in [0.29, 0.717) is 0 Å². The molecule has 0 saturated carbocycles. The predicted octanol–water partition coefficient (Wildman–Crippen LogP) is 2.11. The monoisotopic (exact) mass is 242 g/mol. The van der Waals surface area contributed by atoms with E-state index in [0.717, 1.165) is 17.0 Å². The summed E-state index contributed by atoms with van der Waals surface area (Å²) in [6.45, 7) is 6.04. The van der Waals surface area contributed by atoms with Crippen LogP contribution in [0.3, 0.4) is 0 Å². The lowest BCUT2D eigenvalue weighted by Crippen LogP contribution is -2.20. The van der Waals surface area contributed by atoms with Crippen LogP contribution in [0.1, 0.15) is 34.1 Å². The molecule has 0 aliphatic carbocycles. The fourth-order valence-electron chi connectivity index (χ4n) is 2.12. The summed E-state index contributed by atoms with van der Waals surface area (Å²) in [6, 6.07) is 4.21. The van der Waals surface area contributed by atoms with Gasteiger partial charge in [0.1, 0.15) is 0 Å². The number of rotatable bonds is 3. The molecule has 0 fully saturated rings. The van der Waals surface area contributed by atoms with Crippen molar-refractivity contribution in [2.24, 2.45) is 0 Å². The second-order valence-electron chi connectivity index (χ2n) is 4.48. The summed E-state index contributed by atoms with van der Waals surface area (Å²) < 4.78 is 0. The molecule has 2 aromatic heterocycles. The van der Waals surface area contributed by atoms with Crippen LogP contribution in [0.25, 0.3) is 0 Å². The van der Waals surface area contributed by atoms with Crippen LogP contribution in [0.4, 0.5) is 0 Å². The van der Waals surface area contributed by atoms with Crippen LogP contribution in [-0.2, 0) is 0 Å². The third-order valence-electron chi connectivity index (χ3n) is 3.13. The van der Waals surface area contributed by atoms with Crippen molar-refractivity contribution in [2.45, 2.75) is 26.8 Å². The SMILES string of the molecule is CNC(c1cnccc1C)c1cc(C)nnc1C. The van der Waals surface area contributed by atoms with E-state index >= 15 is 0 Å². The normalized spacial score (nSPS) is 12.4. The number of pyridine rings is 1. The Kier molecular flexibility index (Phi) is 3.67. The average Bonchev–Trinajstić information content (AvgIpc) is 2.36. The molecule has 2 rings (SSSR count). The summed E-state index contributed by atoms with van der Waals surface area (Å²) in [5.74, 6) is 0. The Labute approximate surface area is 107 Å². The van der Waals surface area contributed by atoms with E-state index in [4.69, 9.17) is 0 Å². The lowest BCUT2D eigenvalue weighted by molar-refractivity contribution is 0.669. The number of hydrogen-bond donors (Lipinski definition) is 1. The summed E-state index contributed by atoms with van der Waals surface area (Å²) in [6.07, 6.45) is 3.72. The quantitative estimate of drug-likeness (QED) is 0.895. The van der Waals surface area contributed by atoms with Gasteiger partial charge in [-0.05, 0) is 56.6 Å². The first-order chi connectivity index (χ1) is 8.63. The summed E-state index contributed by atoms with van der Waals surface area (Å²) in [5.41, 5.74) is 5.43. The minimum Gasteiger partial charge on any atom is -0.309 e. The van der Waals surface area contributed by atoms with Gasteiger partial charge in [-0.25, -0.2) is 0 Å². The zero-order valence-electron chi connectivity index (χ0n) is 11.2. The molecule has 0 amide bonds. The van der Waals surface area contributed by atoms with Gasteiger partial charge in [-0.1, -0.05) is 0 Å². The van der Waals surface area contributed by atoms with Crippen molar-refractivity contribution in [3.63, 3.8) is 0 Å². The molecular formula is C14H18N4. The van der Waals surface area contributed by atoms with Gasteiger partial charge in [-0.15, -0.1) is 0 Å². The largest absolute Gasteiger partial charge is 0.309 e. The van der Waals surface area contributed by atoms with Crippen LogP contribution in [0.5, 0.6) is 0 Å². The number of aryl methyl sites for hydroxylation is 3. The van der Waals surface area contributed by atoms with Crippen LogP contribution in [0.15, 0.2) is 24.5 Å². The third kappa shape index (κ3) is 2.38.